The van der Waals surface area contributed by atoms with Crippen LogP contribution in [0.25, 0.3) is 0 Å². The monoisotopic (exact) mass is 448 g/mol. The van der Waals surface area contributed by atoms with E-state index in [-0.39, 0.29) is 11.1 Å². The lowest BCUT2D eigenvalue weighted by atomic mass is 9.62. The number of rotatable bonds is 9. The Kier molecular flexibility index (Phi) is 9.04. The van der Waals surface area contributed by atoms with Crippen LogP contribution in [0.5, 0.6) is 0 Å². The summed E-state index contributed by atoms with van der Waals surface area (Å²) in [4.78, 5) is 0. The SMILES string of the molecule is CC1(C)CC(CCCCCCCC(C2CC(C)(C)NC(C)(C)C2)C(C)(C)C)CC(C)(C)N1. The van der Waals surface area contributed by atoms with E-state index < -0.39 is 0 Å². The van der Waals surface area contributed by atoms with E-state index >= 15 is 0 Å². The Hall–Kier alpha value is -0.0800. The Morgan fingerprint density at radius 1 is 0.625 bits per heavy atom. The van der Waals surface area contributed by atoms with Crippen LogP contribution in [0.1, 0.15) is 147 Å². The zero-order valence-corrected chi connectivity index (χ0v) is 24.0. The zero-order valence-electron chi connectivity index (χ0n) is 24.0. The van der Waals surface area contributed by atoms with Gasteiger partial charge in [0, 0.05) is 22.2 Å². The Labute approximate surface area is 202 Å². The van der Waals surface area contributed by atoms with Gasteiger partial charge >= 0.3 is 0 Å². The third-order valence-electron chi connectivity index (χ3n) is 8.31. The van der Waals surface area contributed by atoms with Gasteiger partial charge in [0.05, 0.1) is 0 Å². The van der Waals surface area contributed by atoms with E-state index in [2.05, 4.69) is 86.8 Å². The topological polar surface area (TPSA) is 24.1 Å². The lowest BCUT2D eigenvalue weighted by Crippen LogP contribution is -2.59. The van der Waals surface area contributed by atoms with Crippen molar-refractivity contribution in [2.75, 3.05) is 0 Å². The molecule has 2 saturated heterocycles. The molecule has 0 aromatic rings. The molecule has 2 aliphatic rings. The molecule has 0 saturated carbocycles. The molecule has 0 aliphatic carbocycles. The van der Waals surface area contributed by atoms with Gasteiger partial charge in [-0.25, -0.2) is 0 Å². The molecule has 2 heteroatoms. The first kappa shape index (κ1) is 28.2. The standard InChI is InChI=1S/C30H60N2/c1-26(2,3)25(24-21-29(8,9)32-30(10,11)22-24)18-16-14-12-13-15-17-23-19-27(4,5)31-28(6,7)20-23/h23-25,31-32H,12-22H2,1-11H3. The molecule has 2 nitrogen and oxygen atoms in total. The maximum absolute atomic E-state index is 3.89. The van der Waals surface area contributed by atoms with Gasteiger partial charge in [-0.15, -0.1) is 0 Å². The van der Waals surface area contributed by atoms with Crippen LogP contribution in [0.3, 0.4) is 0 Å². The van der Waals surface area contributed by atoms with Crippen molar-refractivity contribution >= 4 is 0 Å². The number of nitrogens with one attached hydrogen (secondary N) is 2. The molecular weight excluding hydrogens is 388 g/mol. The number of piperidine rings is 2. The normalized spacial score (nSPS) is 26.7. The van der Waals surface area contributed by atoms with Crippen LogP contribution in [0.2, 0.25) is 0 Å². The van der Waals surface area contributed by atoms with Crippen molar-refractivity contribution in [2.45, 2.75) is 169 Å². The van der Waals surface area contributed by atoms with Gasteiger partial charge in [-0.05, 0) is 111 Å². The van der Waals surface area contributed by atoms with Crippen molar-refractivity contribution in [1.29, 1.82) is 0 Å². The van der Waals surface area contributed by atoms with Crippen molar-refractivity contribution < 1.29 is 0 Å². The fourth-order valence-electron chi connectivity index (χ4n) is 8.13. The van der Waals surface area contributed by atoms with Crippen molar-refractivity contribution in [3.8, 4) is 0 Å². The zero-order chi connectivity index (χ0) is 24.4. The van der Waals surface area contributed by atoms with E-state index in [0.29, 0.717) is 16.5 Å². The summed E-state index contributed by atoms with van der Waals surface area (Å²) in [6, 6.07) is 0. The molecule has 190 valence electrons. The molecule has 1 unspecified atom stereocenters. The summed E-state index contributed by atoms with van der Waals surface area (Å²) in [6.45, 7) is 26.6. The summed E-state index contributed by atoms with van der Waals surface area (Å²) in [7, 11) is 0. The second-order valence-electron chi connectivity index (χ2n) is 15.5. The first-order chi connectivity index (χ1) is 14.4. The molecule has 0 aromatic carbocycles. The second-order valence-corrected chi connectivity index (χ2v) is 15.5. The van der Waals surface area contributed by atoms with Crippen LogP contribution < -0.4 is 10.6 Å². The lowest BCUT2D eigenvalue weighted by molar-refractivity contribution is 0.0408. The minimum atomic E-state index is 0.258. The van der Waals surface area contributed by atoms with Gasteiger partial charge in [-0.1, -0.05) is 59.3 Å². The molecule has 0 radical (unpaired) electrons. The molecule has 0 aromatic heterocycles. The summed E-state index contributed by atoms with van der Waals surface area (Å²) < 4.78 is 0. The summed E-state index contributed by atoms with van der Waals surface area (Å²) >= 11 is 0. The smallest absolute Gasteiger partial charge is 0.0132 e. The molecule has 0 bridgehead atoms. The number of hydrogen-bond acceptors (Lipinski definition) is 2. The second kappa shape index (κ2) is 10.3. The minimum absolute atomic E-state index is 0.258. The van der Waals surface area contributed by atoms with E-state index in [1.807, 2.05) is 0 Å². The molecule has 0 spiro atoms. The van der Waals surface area contributed by atoms with E-state index in [1.165, 1.54) is 70.6 Å². The average molecular weight is 449 g/mol. The predicted octanol–water partition coefficient (Wildman–Crippen LogP) is 8.49. The largest absolute Gasteiger partial charge is 0.307 e. The Balaban J connectivity index is 1.74. The van der Waals surface area contributed by atoms with Crippen molar-refractivity contribution in [1.82, 2.24) is 10.6 Å². The van der Waals surface area contributed by atoms with Crippen molar-refractivity contribution in [3.05, 3.63) is 0 Å². The lowest BCUT2D eigenvalue weighted by Gasteiger charge is -2.51. The van der Waals surface area contributed by atoms with E-state index in [4.69, 9.17) is 0 Å². The fourth-order valence-corrected chi connectivity index (χ4v) is 8.13. The van der Waals surface area contributed by atoms with Crippen LogP contribution in [0, 0.1) is 23.2 Å². The molecule has 0 amide bonds. The number of unbranched alkanes of at least 4 members (excludes halogenated alkanes) is 4. The molecule has 2 fully saturated rings. The summed E-state index contributed by atoms with van der Waals surface area (Å²) in [5.74, 6) is 2.58. The van der Waals surface area contributed by atoms with Gasteiger partial charge in [0.1, 0.15) is 0 Å². The van der Waals surface area contributed by atoms with Gasteiger partial charge in [-0.3, -0.25) is 0 Å². The summed E-state index contributed by atoms with van der Waals surface area (Å²) in [5, 5.41) is 7.73. The minimum Gasteiger partial charge on any atom is -0.307 e. The van der Waals surface area contributed by atoms with Crippen LogP contribution in [0.4, 0.5) is 0 Å². The molecule has 2 N–H and O–H groups in total. The highest BCUT2D eigenvalue weighted by atomic mass is 15.1. The highest BCUT2D eigenvalue weighted by molar-refractivity contribution is 5.00. The highest BCUT2D eigenvalue weighted by Crippen LogP contribution is 2.45. The van der Waals surface area contributed by atoms with Gasteiger partial charge in [-0.2, -0.15) is 0 Å². The highest BCUT2D eigenvalue weighted by Gasteiger charge is 2.43. The molecule has 1 atom stereocenters. The van der Waals surface area contributed by atoms with Crippen LogP contribution >= 0.6 is 0 Å². The van der Waals surface area contributed by atoms with E-state index in [1.54, 1.807) is 0 Å². The maximum atomic E-state index is 3.89. The molecule has 32 heavy (non-hydrogen) atoms. The molecule has 2 rings (SSSR count). The Morgan fingerprint density at radius 2 is 1.03 bits per heavy atom. The van der Waals surface area contributed by atoms with Gasteiger partial charge < -0.3 is 10.6 Å². The van der Waals surface area contributed by atoms with Gasteiger partial charge in [0.25, 0.3) is 0 Å². The first-order valence-corrected chi connectivity index (χ1v) is 14.0. The van der Waals surface area contributed by atoms with Gasteiger partial charge in [0.15, 0.2) is 0 Å². The average Bonchev–Trinajstić information content (AvgIpc) is 2.50. The maximum Gasteiger partial charge on any atom is 0.0132 e. The van der Waals surface area contributed by atoms with Crippen LogP contribution in [-0.2, 0) is 0 Å². The Morgan fingerprint density at radius 3 is 1.50 bits per heavy atom. The molecule has 2 heterocycles. The molecular formula is C30H60N2. The third kappa shape index (κ3) is 9.28. The van der Waals surface area contributed by atoms with Crippen molar-refractivity contribution in [2.24, 2.45) is 23.2 Å². The number of hydrogen-bond donors (Lipinski definition) is 2. The molecule has 2 aliphatic heterocycles. The quantitative estimate of drug-likeness (QED) is 0.345. The van der Waals surface area contributed by atoms with E-state index in [9.17, 15) is 0 Å². The Bertz CT molecular complexity index is 546. The van der Waals surface area contributed by atoms with Crippen LogP contribution in [-0.4, -0.2) is 22.2 Å². The van der Waals surface area contributed by atoms with E-state index in [0.717, 1.165) is 17.8 Å². The first-order valence-electron chi connectivity index (χ1n) is 14.0. The third-order valence-corrected chi connectivity index (χ3v) is 8.31. The fraction of sp³-hybridized carbons (Fsp3) is 1.00. The summed E-state index contributed by atoms with van der Waals surface area (Å²) in [5.41, 5.74) is 1.52. The van der Waals surface area contributed by atoms with Gasteiger partial charge in [0.2, 0.25) is 0 Å². The van der Waals surface area contributed by atoms with Crippen molar-refractivity contribution in [3.63, 3.8) is 0 Å². The predicted molar refractivity (Wildman–Crippen MR) is 143 cm³/mol. The summed E-state index contributed by atoms with van der Waals surface area (Å²) in [6.07, 6.45) is 15.3. The van der Waals surface area contributed by atoms with Crippen LogP contribution in [0.15, 0.2) is 0 Å².